The molecule has 0 bridgehead atoms. The van der Waals surface area contributed by atoms with Gasteiger partial charge in [0.15, 0.2) is 0 Å². The van der Waals surface area contributed by atoms with E-state index in [-0.39, 0.29) is 5.97 Å². The van der Waals surface area contributed by atoms with Crippen LogP contribution in [0.1, 0.15) is 19.8 Å². The average Bonchev–Trinajstić information content (AvgIpc) is 2.39. The number of carbonyl (C=O) groups is 1. The largest absolute Gasteiger partial charge is 0.494 e. The number of nitrogens with one attached hydrogen (secondary N) is 1. The lowest BCUT2D eigenvalue weighted by Crippen LogP contribution is -2.21. The molecule has 0 unspecified atom stereocenters. The van der Waals surface area contributed by atoms with Gasteiger partial charge in [0.25, 0.3) is 0 Å². The van der Waals surface area contributed by atoms with E-state index in [4.69, 9.17) is 9.47 Å². The Hall–Kier alpha value is -1.55. The van der Waals surface area contributed by atoms with Crippen LogP contribution in [-0.2, 0) is 9.53 Å². The van der Waals surface area contributed by atoms with Crippen LogP contribution in [0, 0.1) is 0 Å². The molecule has 1 aromatic carbocycles. The summed E-state index contributed by atoms with van der Waals surface area (Å²) in [6, 6.07) is 9.74. The van der Waals surface area contributed by atoms with Crippen molar-refractivity contribution in [2.45, 2.75) is 19.8 Å². The fourth-order valence-corrected chi connectivity index (χ4v) is 1.45. The van der Waals surface area contributed by atoms with Gasteiger partial charge in [0, 0.05) is 6.54 Å². The van der Waals surface area contributed by atoms with Crippen molar-refractivity contribution < 1.29 is 14.3 Å². The van der Waals surface area contributed by atoms with Gasteiger partial charge < -0.3 is 14.8 Å². The van der Waals surface area contributed by atoms with Crippen LogP contribution in [0.3, 0.4) is 0 Å². The van der Waals surface area contributed by atoms with Crippen molar-refractivity contribution >= 4 is 5.97 Å². The average molecular weight is 251 g/mol. The van der Waals surface area contributed by atoms with Gasteiger partial charge in [0.05, 0.1) is 19.6 Å². The Morgan fingerprint density at radius 3 is 2.72 bits per heavy atom. The molecule has 0 saturated carbocycles. The maximum atomic E-state index is 11.0. The molecule has 0 saturated heterocycles. The maximum absolute atomic E-state index is 11.0. The first-order valence-electron chi connectivity index (χ1n) is 6.37. The monoisotopic (exact) mass is 251 g/mol. The zero-order chi connectivity index (χ0) is 13.1. The first kappa shape index (κ1) is 14.5. The van der Waals surface area contributed by atoms with Crippen LogP contribution in [0.25, 0.3) is 0 Å². The fraction of sp³-hybridized carbons (Fsp3) is 0.500. The molecule has 0 amide bonds. The second kappa shape index (κ2) is 9.48. The third kappa shape index (κ3) is 6.91. The molecular weight excluding hydrogens is 230 g/mol. The van der Waals surface area contributed by atoms with Crippen molar-refractivity contribution in [3.05, 3.63) is 30.3 Å². The Morgan fingerprint density at radius 1 is 1.22 bits per heavy atom. The molecule has 18 heavy (non-hydrogen) atoms. The normalized spacial score (nSPS) is 10.1. The van der Waals surface area contributed by atoms with Gasteiger partial charge in [0.2, 0.25) is 0 Å². The third-order valence-corrected chi connectivity index (χ3v) is 2.32. The molecule has 0 heterocycles. The van der Waals surface area contributed by atoms with Crippen LogP contribution in [0.15, 0.2) is 30.3 Å². The van der Waals surface area contributed by atoms with Gasteiger partial charge in [-0.1, -0.05) is 18.2 Å². The topological polar surface area (TPSA) is 47.6 Å². The molecule has 4 nitrogen and oxygen atoms in total. The number of esters is 1. The second-order valence-electron chi connectivity index (χ2n) is 3.82. The number of benzene rings is 1. The minimum absolute atomic E-state index is 0.148. The molecule has 0 aliphatic carbocycles. The van der Waals surface area contributed by atoms with E-state index in [1.165, 1.54) is 0 Å². The standard InChI is InChI=1S/C14H21NO3/c1-2-17-14(16)9-11-15-10-6-12-18-13-7-4-3-5-8-13/h3-5,7-8,15H,2,6,9-12H2,1H3. The Kier molecular flexibility index (Phi) is 7.64. The maximum Gasteiger partial charge on any atom is 0.307 e. The number of rotatable bonds is 9. The van der Waals surface area contributed by atoms with Gasteiger partial charge >= 0.3 is 5.97 Å². The number of carbonyl (C=O) groups excluding carboxylic acids is 1. The van der Waals surface area contributed by atoms with Gasteiger partial charge in [0.1, 0.15) is 5.75 Å². The van der Waals surface area contributed by atoms with E-state index >= 15 is 0 Å². The second-order valence-corrected chi connectivity index (χ2v) is 3.82. The Labute approximate surface area is 108 Å². The zero-order valence-electron chi connectivity index (χ0n) is 10.9. The van der Waals surface area contributed by atoms with Gasteiger partial charge in [-0.2, -0.15) is 0 Å². The highest BCUT2D eigenvalue weighted by molar-refractivity contribution is 5.69. The SMILES string of the molecule is CCOC(=O)CCNCCCOc1ccccc1. The number of para-hydroxylation sites is 1. The van der Waals surface area contributed by atoms with Crippen LogP contribution in [0.4, 0.5) is 0 Å². The van der Waals surface area contributed by atoms with E-state index in [0.29, 0.717) is 26.2 Å². The molecule has 1 rings (SSSR count). The van der Waals surface area contributed by atoms with Crippen LogP contribution in [-0.4, -0.2) is 32.3 Å². The molecule has 0 atom stereocenters. The van der Waals surface area contributed by atoms with Crippen molar-refractivity contribution in [2.24, 2.45) is 0 Å². The molecule has 4 heteroatoms. The predicted octanol–water partition coefficient (Wildman–Crippen LogP) is 2.00. The minimum Gasteiger partial charge on any atom is -0.494 e. The van der Waals surface area contributed by atoms with Crippen molar-refractivity contribution in [2.75, 3.05) is 26.3 Å². The summed E-state index contributed by atoms with van der Waals surface area (Å²) in [5.41, 5.74) is 0. The van der Waals surface area contributed by atoms with Crippen LogP contribution in [0.5, 0.6) is 5.75 Å². The lowest BCUT2D eigenvalue weighted by Gasteiger charge is -2.07. The molecule has 0 aromatic heterocycles. The lowest BCUT2D eigenvalue weighted by atomic mass is 10.3. The predicted molar refractivity (Wildman–Crippen MR) is 70.7 cm³/mol. The molecule has 100 valence electrons. The molecule has 1 aromatic rings. The van der Waals surface area contributed by atoms with Gasteiger partial charge in [-0.15, -0.1) is 0 Å². The quantitative estimate of drug-likeness (QED) is 0.538. The summed E-state index contributed by atoms with van der Waals surface area (Å²) < 4.78 is 10.4. The fourth-order valence-electron chi connectivity index (χ4n) is 1.45. The van der Waals surface area contributed by atoms with Crippen molar-refractivity contribution in [1.29, 1.82) is 0 Å². The van der Waals surface area contributed by atoms with E-state index in [2.05, 4.69) is 5.32 Å². The highest BCUT2D eigenvalue weighted by Gasteiger charge is 1.99. The van der Waals surface area contributed by atoms with Crippen molar-refractivity contribution in [1.82, 2.24) is 5.32 Å². The summed E-state index contributed by atoms with van der Waals surface area (Å²) >= 11 is 0. The number of hydrogen-bond acceptors (Lipinski definition) is 4. The van der Waals surface area contributed by atoms with Gasteiger partial charge in [-0.3, -0.25) is 4.79 Å². The van der Waals surface area contributed by atoms with E-state index in [1.54, 1.807) is 0 Å². The number of ether oxygens (including phenoxy) is 2. The van der Waals surface area contributed by atoms with Crippen LogP contribution in [0.2, 0.25) is 0 Å². The first-order chi connectivity index (χ1) is 8.83. The smallest absolute Gasteiger partial charge is 0.307 e. The molecule has 0 radical (unpaired) electrons. The van der Waals surface area contributed by atoms with E-state index < -0.39 is 0 Å². The first-order valence-corrected chi connectivity index (χ1v) is 6.37. The summed E-state index contributed by atoms with van der Waals surface area (Å²) in [5, 5.41) is 3.18. The van der Waals surface area contributed by atoms with Crippen LogP contribution < -0.4 is 10.1 Å². The van der Waals surface area contributed by atoms with Gasteiger partial charge in [-0.05, 0) is 32.0 Å². The van der Waals surface area contributed by atoms with Gasteiger partial charge in [-0.25, -0.2) is 0 Å². The Bertz CT molecular complexity index is 327. The third-order valence-electron chi connectivity index (χ3n) is 2.32. The molecule has 1 N–H and O–H groups in total. The van der Waals surface area contributed by atoms with E-state index in [1.807, 2.05) is 37.3 Å². The molecule has 0 aliphatic heterocycles. The summed E-state index contributed by atoms with van der Waals surface area (Å²) in [7, 11) is 0. The summed E-state index contributed by atoms with van der Waals surface area (Å²) in [6.07, 6.45) is 1.34. The number of hydrogen-bond donors (Lipinski definition) is 1. The molecule has 0 fully saturated rings. The zero-order valence-corrected chi connectivity index (χ0v) is 10.9. The minimum atomic E-state index is -0.148. The Morgan fingerprint density at radius 2 is 2.00 bits per heavy atom. The van der Waals surface area contributed by atoms with Crippen molar-refractivity contribution in [3.63, 3.8) is 0 Å². The molecule has 0 spiro atoms. The summed E-state index contributed by atoms with van der Waals surface area (Å²) in [4.78, 5) is 11.0. The van der Waals surface area contributed by atoms with Crippen LogP contribution >= 0.6 is 0 Å². The molecule has 0 aliphatic rings. The highest BCUT2D eigenvalue weighted by Crippen LogP contribution is 2.07. The highest BCUT2D eigenvalue weighted by atomic mass is 16.5. The summed E-state index contributed by atoms with van der Waals surface area (Å²) in [5.74, 6) is 0.745. The lowest BCUT2D eigenvalue weighted by molar-refractivity contribution is -0.142. The van der Waals surface area contributed by atoms with Crippen molar-refractivity contribution in [3.8, 4) is 5.75 Å². The van der Waals surface area contributed by atoms with E-state index in [0.717, 1.165) is 18.7 Å². The molecular formula is C14H21NO3. The van der Waals surface area contributed by atoms with E-state index in [9.17, 15) is 4.79 Å². The Balaban J connectivity index is 1.92. The summed E-state index contributed by atoms with van der Waals surface area (Å²) in [6.45, 7) is 4.43.